The lowest BCUT2D eigenvalue weighted by molar-refractivity contribution is 0.0940. The fraction of sp³-hybridized carbons (Fsp3) is 0.353. The van der Waals surface area contributed by atoms with Crippen LogP contribution in [0.3, 0.4) is 0 Å². The molecule has 4 N–H and O–H groups in total. The van der Waals surface area contributed by atoms with Crippen molar-refractivity contribution in [3.63, 3.8) is 0 Å². The van der Waals surface area contributed by atoms with Crippen LogP contribution in [0.2, 0.25) is 5.02 Å². The summed E-state index contributed by atoms with van der Waals surface area (Å²) in [5, 5.41) is 22.9. The van der Waals surface area contributed by atoms with Crippen LogP contribution in [0.25, 0.3) is 0 Å². The third kappa shape index (κ3) is 4.58. The van der Waals surface area contributed by atoms with Gasteiger partial charge in [-0.3, -0.25) is 9.59 Å². The third-order valence-electron chi connectivity index (χ3n) is 3.70. The molecule has 1 heterocycles. The summed E-state index contributed by atoms with van der Waals surface area (Å²) in [6.07, 6.45) is 0.0266. The Hall–Kier alpha value is -2.38. The lowest BCUT2D eigenvalue weighted by Crippen LogP contribution is -2.27. The summed E-state index contributed by atoms with van der Waals surface area (Å²) in [4.78, 5) is 30.2. The predicted molar refractivity (Wildman–Crippen MR) is 93.7 cm³/mol. The molecule has 0 aliphatic carbocycles. The smallest absolute Gasteiger partial charge is 0.294 e. The molecule has 1 aromatic heterocycles. The van der Waals surface area contributed by atoms with Crippen molar-refractivity contribution in [3.05, 3.63) is 56.2 Å². The minimum Gasteiger partial charge on any atom is -0.501 e. The van der Waals surface area contributed by atoms with Crippen LogP contribution in [0.15, 0.2) is 23.0 Å². The molecule has 134 valence electrons. The molecule has 1 unspecified atom stereocenters. The molecule has 0 aliphatic heterocycles. The van der Waals surface area contributed by atoms with Crippen LogP contribution >= 0.6 is 11.6 Å². The number of hydrogen-bond acceptors (Lipinski definition) is 5. The number of hydrogen-bond donors (Lipinski definition) is 4. The number of aliphatic hydroxyl groups is 1. The Morgan fingerprint density at radius 2 is 2.16 bits per heavy atom. The summed E-state index contributed by atoms with van der Waals surface area (Å²) in [6.45, 7) is 3.88. The summed E-state index contributed by atoms with van der Waals surface area (Å²) in [6, 6.07) is 5.35. The number of aromatic amines is 1. The second-order valence-corrected chi connectivity index (χ2v) is 6.13. The van der Waals surface area contributed by atoms with Crippen molar-refractivity contribution in [1.29, 1.82) is 0 Å². The highest BCUT2D eigenvalue weighted by Gasteiger charge is 2.20. The Kier molecular flexibility index (Phi) is 6.17. The van der Waals surface area contributed by atoms with Crippen molar-refractivity contribution in [1.82, 2.24) is 15.3 Å². The van der Waals surface area contributed by atoms with Crippen LogP contribution in [0, 0.1) is 6.92 Å². The highest BCUT2D eigenvalue weighted by atomic mass is 35.5. The van der Waals surface area contributed by atoms with Crippen molar-refractivity contribution in [2.24, 2.45) is 0 Å². The minimum atomic E-state index is -1.01. The monoisotopic (exact) mass is 365 g/mol. The zero-order valence-corrected chi connectivity index (χ0v) is 14.7. The number of halogens is 1. The standard InChI is InChI=1S/C17H20ClN3O4/c1-3-4-12(22)15-20-13(14(23)17(25)21-15)16(24)19-8-10-6-5-9(2)11(18)7-10/h5-7,12,22-23H,3-4,8H2,1-2H3,(H,19,24)(H,20,21,25). The van der Waals surface area contributed by atoms with Gasteiger partial charge in [0.25, 0.3) is 11.5 Å². The number of aromatic nitrogens is 2. The number of nitrogens with one attached hydrogen (secondary N) is 2. The van der Waals surface area contributed by atoms with E-state index in [0.29, 0.717) is 17.9 Å². The van der Waals surface area contributed by atoms with Crippen LogP contribution in [0.4, 0.5) is 0 Å². The first-order valence-electron chi connectivity index (χ1n) is 7.88. The van der Waals surface area contributed by atoms with E-state index in [1.165, 1.54) is 0 Å². The van der Waals surface area contributed by atoms with Crippen molar-refractivity contribution >= 4 is 17.5 Å². The zero-order valence-electron chi connectivity index (χ0n) is 14.0. The second-order valence-electron chi connectivity index (χ2n) is 5.72. The van der Waals surface area contributed by atoms with Crippen LogP contribution in [-0.2, 0) is 6.54 Å². The lowest BCUT2D eigenvalue weighted by Gasteiger charge is -2.11. The third-order valence-corrected chi connectivity index (χ3v) is 4.10. The number of aryl methyl sites for hydroxylation is 1. The number of amides is 1. The average molecular weight is 366 g/mol. The van der Waals surface area contributed by atoms with Gasteiger partial charge in [-0.05, 0) is 30.5 Å². The molecule has 0 saturated carbocycles. The van der Waals surface area contributed by atoms with Crippen molar-refractivity contribution in [2.75, 3.05) is 0 Å². The van der Waals surface area contributed by atoms with E-state index in [-0.39, 0.29) is 12.4 Å². The number of nitrogens with zero attached hydrogens (tertiary/aromatic N) is 1. The molecule has 0 saturated heterocycles. The largest absolute Gasteiger partial charge is 0.501 e. The van der Waals surface area contributed by atoms with E-state index >= 15 is 0 Å². The molecule has 8 heteroatoms. The van der Waals surface area contributed by atoms with Gasteiger partial charge in [0.2, 0.25) is 5.75 Å². The minimum absolute atomic E-state index is 0.0480. The molecular formula is C17H20ClN3O4. The van der Waals surface area contributed by atoms with Gasteiger partial charge >= 0.3 is 0 Å². The first-order chi connectivity index (χ1) is 11.8. The Morgan fingerprint density at radius 3 is 2.80 bits per heavy atom. The molecule has 0 bridgehead atoms. The predicted octanol–water partition coefficient (Wildman–Crippen LogP) is 2.20. The molecule has 1 amide bonds. The number of rotatable bonds is 6. The fourth-order valence-corrected chi connectivity index (χ4v) is 2.43. The fourth-order valence-electron chi connectivity index (χ4n) is 2.22. The van der Waals surface area contributed by atoms with Gasteiger partial charge in [0.1, 0.15) is 11.9 Å². The molecule has 0 radical (unpaired) electrons. The van der Waals surface area contributed by atoms with E-state index in [4.69, 9.17) is 11.6 Å². The first-order valence-corrected chi connectivity index (χ1v) is 8.25. The molecule has 0 spiro atoms. The zero-order chi connectivity index (χ0) is 18.6. The number of aliphatic hydroxyl groups excluding tert-OH is 1. The maximum absolute atomic E-state index is 12.3. The van der Waals surface area contributed by atoms with E-state index in [1.807, 2.05) is 26.0 Å². The molecule has 1 aromatic carbocycles. The molecule has 25 heavy (non-hydrogen) atoms. The van der Waals surface area contributed by atoms with Crippen molar-refractivity contribution in [3.8, 4) is 5.75 Å². The number of carbonyl (C=O) groups excluding carboxylic acids is 1. The van der Waals surface area contributed by atoms with Gasteiger partial charge in [-0.25, -0.2) is 4.98 Å². The summed E-state index contributed by atoms with van der Waals surface area (Å²) in [7, 11) is 0. The first kappa shape index (κ1) is 19.0. The molecule has 0 fully saturated rings. The maximum atomic E-state index is 12.3. The van der Waals surface area contributed by atoms with E-state index in [1.54, 1.807) is 6.07 Å². The van der Waals surface area contributed by atoms with Gasteiger partial charge in [0.15, 0.2) is 5.69 Å². The topological polar surface area (TPSA) is 115 Å². The lowest BCUT2D eigenvalue weighted by atomic mass is 10.1. The van der Waals surface area contributed by atoms with Gasteiger partial charge in [0.05, 0.1) is 0 Å². The van der Waals surface area contributed by atoms with Crippen LogP contribution in [0.5, 0.6) is 5.75 Å². The Labute approximate surface area is 149 Å². The summed E-state index contributed by atoms with van der Waals surface area (Å²) in [5.74, 6) is -1.55. The van der Waals surface area contributed by atoms with E-state index < -0.39 is 29.0 Å². The average Bonchev–Trinajstić information content (AvgIpc) is 2.58. The van der Waals surface area contributed by atoms with Crippen LogP contribution < -0.4 is 10.9 Å². The Bertz CT molecular complexity index is 835. The van der Waals surface area contributed by atoms with E-state index in [2.05, 4.69) is 15.3 Å². The number of H-pyrrole nitrogens is 1. The van der Waals surface area contributed by atoms with Gasteiger partial charge in [-0.15, -0.1) is 0 Å². The number of aromatic hydroxyl groups is 1. The summed E-state index contributed by atoms with van der Waals surface area (Å²) >= 11 is 6.04. The van der Waals surface area contributed by atoms with Gasteiger partial charge in [-0.1, -0.05) is 37.1 Å². The van der Waals surface area contributed by atoms with Crippen molar-refractivity contribution in [2.45, 2.75) is 39.3 Å². The Morgan fingerprint density at radius 1 is 1.44 bits per heavy atom. The van der Waals surface area contributed by atoms with E-state index in [9.17, 15) is 19.8 Å². The SMILES string of the molecule is CCCC(O)c1nc(C(=O)NCc2ccc(C)c(Cl)c2)c(O)c(=O)[nH]1. The molecule has 0 aliphatic rings. The number of benzene rings is 1. The highest BCUT2D eigenvalue weighted by molar-refractivity contribution is 6.31. The number of carbonyl (C=O) groups is 1. The molecule has 7 nitrogen and oxygen atoms in total. The van der Waals surface area contributed by atoms with Gasteiger partial charge in [-0.2, -0.15) is 0 Å². The second kappa shape index (κ2) is 8.13. The van der Waals surface area contributed by atoms with Crippen molar-refractivity contribution < 1.29 is 15.0 Å². The maximum Gasteiger partial charge on any atom is 0.294 e. The molecular weight excluding hydrogens is 346 g/mol. The molecule has 2 rings (SSSR count). The summed E-state index contributed by atoms with van der Waals surface area (Å²) in [5.41, 5.74) is 0.385. The van der Waals surface area contributed by atoms with Gasteiger partial charge < -0.3 is 20.5 Å². The quantitative estimate of drug-likeness (QED) is 0.626. The molecule has 2 aromatic rings. The van der Waals surface area contributed by atoms with Crippen LogP contribution in [0.1, 0.15) is 53.3 Å². The van der Waals surface area contributed by atoms with Crippen LogP contribution in [-0.4, -0.2) is 26.1 Å². The molecule has 1 atom stereocenters. The highest BCUT2D eigenvalue weighted by Crippen LogP contribution is 2.18. The van der Waals surface area contributed by atoms with E-state index in [0.717, 1.165) is 11.1 Å². The summed E-state index contributed by atoms with van der Waals surface area (Å²) < 4.78 is 0. The Balaban J connectivity index is 2.20. The van der Waals surface area contributed by atoms with Gasteiger partial charge in [0, 0.05) is 11.6 Å². The normalized spacial score (nSPS) is 12.0.